The van der Waals surface area contributed by atoms with Crippen LogP contribution in [0.15, 0.2) is 22.6 Å². The fraction of sp³-hybridized carbons (Fsp3) is 0.526. The molecule has 3 rings (SSSR count). The lowest BCUT2D eigenvalue weighted by Gasteiger charge is -2.17. The van der Waals surface area contributed by atoms with E-state index in [1.165, 1.54) is 22.2 Å². The maximum Gasteiger partial charge on any atom is 0.263 e. The number of allylic oxidation sites excluding steroid dienone is 1. The van der Waals surface area contributed by atoms with E-state index in [1.807, 2.05) is 6.92 Å². The van der Waals surface area contributed by atoms with E-state index < -0.39 is 0 Å². The van der Waals surface area contributed by atoms with Gasteiger partial charge < -0.3 is 5.32 Å². The molecule has 2 heterocycles. The van der Waals surface area contributed by atoms with Gasteiger partial charge in [0, 0.05) is 18.0 Å². The van der Waals surface area contributed by atoms with Crippen LogP contribution in [0.25, 0.3) is 10.2 Å². The number of aromatic nitrogens is 2. The monoisotopic (exact) mass is 391 g/mol. The van der Waals surface area contributed by atoms with Crippen LogP contribution in [-0.2, 0) is 24.2 Å². The molecule has 2 aromatic rings. The summed E-state index contributed by atoms with van der Waals surface area (Å²) in [5.74, 6) is 0.884. The molecule has 2 aromatic heterocycles. The Bertz CT molecular complexity index is 885. The highest BCUT2D eigenvalue weighted by molar-refractivity contribution is 7.99. The van der Waals surface area contributed by atoms with E-state index in [0.717, 1.165) is 35.9 Å². The van der Waals surface area contributed by atoms with E-state index >= 15 is 0 Å². The average Bonchev–Trinajstić information content (AvgIpc) is 2.98. The summed E-state index contributed by atoms with van der Waals surface area (Å²) in [6.45, 7) is 9.11. The Morgan fingerprint density at radius 2 is 2.35 bits per heavy atom. The molecular weight excluding hydrogens is 366 g/mol. The Kier molecular flexibility index (Phi) is 6.19. The number of nitrogens with zero attached hydrogens (tertiary/aromatic N) is 2. The van der Waals surface area contributed by atoms with E-state index in [1.54, 1.807) is 22.0 Å². The summed E-state index contributed by atoms with van der Waals surface area (Å²) in [5.41, 5.74) is 1.19. The van der Waals surface area contributed by atoms with Gasteiger partial charge in [0.15, 0.2) is 5.16 Å². The van der Waals surface area contributed by atoms with Crippen molar-refractivity contribution in [3.8, 4) is 0 Å². The predicted octanol–water partition coefficient (Wildman–Crippen LogP) is 3.39. The summed E-state index contributed by atoms with van der Waals surface area (Å²) in [7, 11) is 0. The lowest BCUT2D eigenvalue weighted by Crippen LogP contribution is -2.27. The second-order valence-electron chi connectivity index (χ2n) is 6.77. The van der Waals surface area contributed by atoms with Crippen LogP contribution in [0, 0.1) is 5.92 Å². The van der Waals surface area contributed by atoms with Gasteiger partial charge in [0.1, 0.15) is 4.83 Å². The van der Waals surface area contributed by atoms with Gasteiger partial charge in [0.25, 0.3) is 5.56 Å². The Balaban J connectivity index is 1.97. The van der Waals surface area contributed by atoms with Gasteiger partial charge in [-0.05, 0) is 37.2 Å². The summed E-state index contributed by atoms with van der Waals surface area (Å²) in [6, 6.07) is 0. The smallest absolute Gasteiger partial charge is 0.263 e. The van der Waals surface area contributed by atoms with Gasteiger partial charge in [-0.3, -0.25) is 14.2 Å². The molecule has 0 bridgehead atoms. The second-order valence-corrected chi connectivity index (χ2v) is 8.80. The summed E-state index contributed by atoms with van der Waals surface area (Å²) < 4.78 is 1.65. The number of hydrogen-bond acceptors (Lipinski definition) is 5. The van der Waals surface area contributed by atoms with Crippen LogP contribution in [0.2, 0.25) is 0 Å². The molecule has 7 heteroatoms. The first-order valence-corrected chi connectivity index (χ1v) is 10.9. The van der Waals surface area contributed by atoms with Crippen molar-refractivity contribution in [3.63, 3.8) is 0 Å². The van der Waals surface area contributed by atoms with Crippen molar-refractivity contribution in [3.05, 3.63) is 33.4 Å². The van der Waals surface area contributed by atoms with E-state index in [4.69, 9.17) is 4.98 Å². The maximum atomic E-state index is 13.1. The minimum absolute atomic E-state index is 0.00146. The van der Waals surface area contributed by atoms with Gasteiger partial charge >= 0.3 is 0 Å². The van der Waals surface area contributed by atoms with Gasteiger partial charge in [0.05, 0.1) is 11.1 Å². The van der Waals surface area contributed by atoms with Gasteiger partial charge in [-0.1, -0.05) is 31.7 Å². The molecule has 0 radical (unpaired) electrons. The number of aryl methyl sites for hydroxylation is 1. The first-order valence-electron chi connectivity index (χ1n) is 9.10. The van der Waals surface area contributed by atoms with E-state index in [-0.39, 0.29) is 17.2 Å². The molecule has 1 aliphatic carbocycles. The topological polar surface area (TPSA) is 64.0 Å². The molecule has 1 N–H and O–H groups in total. The molecule has 26 heavy (non-hydrogen) atoms. The largest absolute Gasteiger partial charge is 0.355 e. The number of nitrogens with one attached hydrogen (secondary N) is 1. The molecule has 5 nitrogen and oxygen atoms in total. The van der Waals surface area contributed by atoms with Crippen LogP contribution in [0.3, 0.4) is 0 Å². The average molecular weight is 392 g/mol. The molecule has 1 amide bonds. The quantitative estimate of drug-likeness (QED) is 0.446. The van der Waals surface area contributed by atoms with Crippen molar-refractivity contribution in [2.75, 3.05) is 12.3 Å². The lowest BCUT2D eigenvalue weighted by molar-refractivity contribution is -0.118. The van der Waals surface area contributed by atoms with Gasteiger partial charge in [0.2, 0.25) is 5.91 Å². The van der Waals surface area contributed by atoms with Crippen molar-refractivity contribution in [2.45, 2.75) is 51.2 Å². The standard InChI is InChI=1S/C19H25N3O2S2/c1-4-8-20-15(23)11-25-19-21-17-16(18(24)22(19)9-5-2)13-7-6-12(3)10-14(13)26-17/h5,12H,2,4,6-11H2,1,3H3,(H,20,23)/t12-/m0/s1. The van der Waals surface area contributed by atoms with Crippen LogP contribution in [0.1, 0.15) is 37.1 Å². The normalized spacial score (nSPS) is 16.5. The highest BCUT2D eigenvalue weighted by Crippen LogP contribution is 2.36. The molecule has 0 fully saturated rings. The molecule has 0 aromatic carbocycles. The van der Waals surface area contributed by atoms with Crippen LogP contribution >= 0.6 is 23.1 Å². The number of hydrogen-bond donors (Lipinski definition) is 1. The summed E-state index contributed by atoms with van der Waals surface area (Å²) in [4.78, 5) is 31.9. The van der Waals surface area contributed by atoms with Crippen molar-refractivity contribution >= 4 is 39.2 Å². The molecule has 0 saturated heterocycles. The number of amides is 1. The Morgan fingerprint density at radius 3 is 3.08 bits per heavy atom. The third-order valence-electron chi connectivity index (χ3n) is 4.60. The van der Waals surface area contributed by atoms with Crippen molar-refractivity contribution < 1.29 is 4.79 Å². The summed E-state index contributed by atoms with van der Waals surface area (Å²) in [6.07, 6.45) is 5.71. The predicted molar refractivity (Wildman–Crippen MR) is 109 cm³/mol. The minimum atomic E-state index is -0.0318. The van der Waals surface area contributed by atoms with Gasteiger partial charge in [-0.25, -0.2) is 4.98 Å². The minimum Gasteiger partial charge on any atom is -0.355 e. The molecular formula is C19H25N3O2S2. The van der Waals surface area contributed by atoms with Crippen LogP contribution in [0.5, 0.6) is 0 Å². The summed E-state index contributed by atoms with van der Waals surface area (Å²) in [5, 5.41) is 4.23. The highest BCUT2D eigenvalue weighted by Gasteiger charge is 2.24. The number of carbonyl (C=O) groups is 1. The molecule has 140 valence electrons. The van der Waals surface area contributed by atoms with Crippen molar-refractivity contribution in [1.29, 1.82) is 0 Å². The molecule has 1 aliphatic rings. The third-order valence-corrected chi connectivity index (χ3v) is 6.72. The fourth-order valence-electron chi connectivity index (χ4n) is 3.25. The van der Waals surface area contributed by atoms with Crippen LogP contribution < -0.4 is 10.9 Å². The van der Waals surface area contributed by atoms with Crippen molar-refractivity contribution in [1.82, 2.24) is 14.9 Å². The third kappa shape index (κ3) is 3.88. The number of thioether (sulfide) groups is 1. The first-order chi connectivity index (χ1) is 12.5. The Labute approximate surface area is 161 Å². The summed E-state index contributed by atoms with van der Waals surface area (Å²) >= 11 is 2.96. The van der Waals surface area contributed by atoms with E-state index in [0.29, 0.717) is 24.2 Å². The lowest BCUT2D eigenvalue weighted by atomic mass is 9.89. The van der Waals surface area contributed by atoms with E-state index in [9.17, 15) is 9.59 Å². The Morgan fingerprint density at radius 1 is 1.54 bits per heavy atom. The van der Waals surface area contributed by atoms with Gasteiger partial charge in [-0.2, -0.15) is 0 Å². The highest BCUT2D eigenvalue weighted by atomic mass is 32.2. The number of carbonyl (C=O) groups excluding carboxylic acids is 1. The van der Waals surface area contributed by atoms with E-state index in [2.05, 4.69) is 18.8 Å². The Hall–Kier alpha value is -1.60. The molecule has 0 saturated carbocycles. The first kappa shape index (κ1) is 19.2. The van der Waals surface area contributed by atoms with Crippen LogP contribution in [0.4, 0.5) is 0 Å². The number of fused-ring (bicyclic) bond motifs is 3. The zero-order valence-corrected chi connectivity index (χ0v) is 17.0. The van der Waals surface area contributed by atoms with Gasteiger partial charge in [-0.15, -0.1) is 17.9 Å². The number of thiophene rings is 1. The second kappa shape index (κ2) is 8.39. The molecule has 0 spiro atoms. The SMILES string of the molecule is C=CCn1c(SCC(=O)NCCC)nc2sc3c(c2c1=O)CC[C@H](C)C3. The maximum absolute atomic E-state index is 13.1. The fourth-order valence-corrected chi connectivity index (χ4v) is 5.51. The number of rotatable bonds is 7. The molecule has 1 atom stereocenters. The molecule has 0 unspecified atom stereocenters. The zero-order chi connectivity index (χ0) is 18.7. The van der Waals surface area contributed by atoms with Crippen molar-refractivity contribution in [2.24, 2.45) is 5.92 Å². The zero-order valence-electron chi connectivity index (χ0n) is 15.3. The van der Waals surface area contributed by atoms with Crippen LogP contribution in [-0.4, -0.2) is 27.8 Å². The molecule has 0 aliphatic heterocycles.